The lowest BCUT2D eigenvalue weighted by atomic mass is 9.86. The SMILES string of the molecule is COC(=O)Cc1csc(NC(=O)C(CC2CCCC2)c2ccc(-c3cccc4ccccc34)cc2)n1. The standard InChI is InChI=1S/C30H30N2O3S/c1-35-28(33)18-24-19-36-30(31-24)32-29(34)27(17-20-7-2-3-8-20)23-15-13-22(14-16-23)26-12-6-10-21-9-4-5-11-25(21)26/h4-6,9-16,19-20,27H,2-3,7-8,17-18H2,1H3,(H,31,32,34). The number of nitrogens with one attached hydrogen (secondary N) is 1. The minimum atomic E-state index is -0.344. The van der Waals surface area contributed by atoms with Gasteiger partial charge >= 0.3 is 5.97 Å². The number of esters is 1. The van der Waals surface area contributed by atoms with Crippen molar-refractivity contribution in [2.45, 2.75) is 44.4 Å². The summed E-state index contributed by atoms with van der Waals surface area (Å²) in [5.74, 6) is -0.0744. The predicted octanol–water partition coefficient (Wildman–Crippen LogP) is 6.98. The maximum absolute atomic E-state index is 13.5. The number of ether oxygens (including phenoxy) is 1. The number of rotatable bonds is 8. The molecule has 1 heterocycles. The molecular formula is C30H30N2O3S. The number of fused-ring (bicyclic) bond motifs is 1. The van der Waals surface area contributed by atoms with E-state index in [2.05, 4.69) is 77.0 Å². The van der Waals surface area contributed by atoms with Crippen LogP contribution in [-0.4, -0.2) is 24.0 Å². The summed E-state index contributed by atoms with van der Waals surface area (Å²) < 4.78 is 4.72. The number of nitrogens with zero attached hydrogens (tertiary/aromatic N) is 1. The molecule has 1 aliphatic carbocycles. The van der Waals surface area contributed by atoms with Gasteiger partial charge in [-0.3, -0.25) is 9.59 Å². The van der Waals surface area contributed by atoms with Crippen LogP contribution < -0.4 is 5.32 Å². The van der Waals surface area contributed by atoms with E-state index < -0.39 is 0 Å². The summed E-state index contributed by atoms with van der Waals surface area (Å²) in [6.07, 6.45) is 5.77. The van der Waals surface area contributed by atoms with Gasteiger partial charge in [-0.15, -0.1) is 11.3 Å². The van der Waals surface area contributed by atoms with Crippen molar-refractivity contribution in [3.05, 3.63) is 83.4 Å². The summed E-state index contributed by atoms with van der Waals surface area (Å²) in [4.78, 5) is 29.5. The van der Waals surface area contributed by atoms with Crippen LogP contribution in [0.1, 0.15) is 49.3 Å². The van der Waals surface area contributed by atoms with Gasteiger partial charge in [-0.1, -0.05) is 92.4 Å². The van der Waals surface area contributed by atoms with Crippen LogP contribution in [0, 0.1) is 5.92 Å². The number of carbonyl (C=O) groups is 2. The summed E-state index contributed by atoms with van der Waals surface area (Å²) in [6.45, 7) is 0. The van der Waals surface area contributed by atoms with E-state index in [1.165, 1.54) is 60.5 Å². The number of aromatic nitrogens is 1. The molecule has 5 nitrogen and oxygen atoms in total. The van der Waals surface area contributed by atoms with Gasteiger partial charge < -0.3 is 10.1 Å². The normalized spacial score (nSPS) is 14.6. The van der Waals surface area contributed by atoms with Crippen LogP contribution in [0.2, 0.25) is 0 Å². The molecule has 1 amide bonds. The van der Waals surface area contributed by atoms with E-state index in [9.17, 15) is 9.59 Å². The van der Waals surface area contributed by atoms with E-state index >= 15 is 0 Å². The molecule has 0 aliphatic heterocycles. The van der Waals surface area contributed by atoms with Gasteiger partial charge in [-0.2, -0.15) is 0 Å². The number of benzene rings is 3. The van der Waals surface area contributed by atoms with Gasteiger partial charge in [0.1, 0.15) is 0 Å². The molecule has 0 spiro atoms. The van der Waals surface area contributed by atoms with Crippen molar-refractivity contribution >= 4 is 39.1 Å². The molecular weight excluding hydrogens is 468 g/mol. The Balaban J connectivity index is 1.38. The zero-order valence-electron chi connectivity index (χ0n) is 20.4. The molecule has 6 heteroatoms. The van der Waals surface area contributed by atoms with Crippen molar-refractivity contribution in [2.75, 3.05) is 12.4 Å². The fraction of sp³-hybridized carbons (Fsp3) is 0.300. The van der Waals surface area contributed by atoms with Crippen molar-refractivity contribution in [2.24, 2.45) is 5.92 Å². The number of carbonyl (C=O) groups excluding carboxylic acids is 2. The molecule has 1 aliphatic rings. The van der Waals surface area contributed by atoms with Crippen LogP contribution in [0.3, 0.4) is 0 Å². The van der Waals surface area contributed by atoms with Crippen molar-refractivity contribution in [1.82, 2.24) is 4.98 Å². The highest BCUT2D eigenvalue weighted by Crippen LogP contribution is 2.36. The molecule has 5 rings (SSSR count). The van der Waals surface area contributed by atoms with Crippen LogP contribution in [0.15, 0.2) is 72.1 Å². The Hall–Kier alpha value is -3.51. The second-order valence-electron chi connectivity index (χ2n) is 9.47. The van der Waals surface area contributed by atoms with Crippen LogP contribution in [0.5, 0.6) is 0 Å². The lowest BCUT2D eigenvalue weighted by Crippen LogP contribution is -2.23. The van der Waals surface area contributed by atoms with Gasteiger partial charge in [0, 0.05) is 5.38 Å². The molecule has 4 aromatic rings. The smallest absolute Gasteiger partial charge is 0.311 e. The maximum Gasteiger partial charge on any atom is 0.311 e. The number of amides is 1. The summed E-state index contributed by atoms with van der Waals surface area (Å²) in [6, 6.07) is 23.2. The fourth-order valence-corrected chi connectivity index (χ4v) is 5.92. The molecule has 1 saturated carbocycles. The average molecular weight is 499 g/mol. The summed E-state index contributed by atoms with van der Waals surface area (Å²) >= 11 is 1.34. The molecule has 3 aromatic carbocycles. The van der Waals surface area contributed by atoms with Crippen LogP contribution in [0.4, 0.5) is 5.13 Å². The zero-order chi connectivity index (χ0) is 24.9. The first-order chi connectivity index (χ1) is 17.6. The largest absolute Gasteiger partial charge is 0.469 e. The van der Waals surface area contributed by atoms with Gasteiger partial charge in [0.05, 0.1) is 25.1 Å². The van der Waals surface area contributed by atoms with Crippen LogP contribution >= 0.6 is 11.3 Å². The third kappa shape index (κ3) is 5.49. The lowest BCUT2D eigenvalue weighted by molar-refractivity contribution is -0.139. The van der Waals surface area contributed by atoms with Crippen molar-refractivity contribution in [3.8, 4) is 11.1 Å². The lowest BCUT2D eigenvalue weighted by Gasteiger charge is -2.20. The Morgan fingerprint density at radius 2 is 1.78 bits per heavy atom. The third-order valence-electron chi connectivity index (χ3n) is 7.11. The average Bonchev–Trinajstić information content (AvgIpc) is 3.59. The quantitative estimate of drug-likeness (QED) is 0.266. The second kappa shape index (κ2) is 11.0. The highest BCUT2D eigenvalue weighted by Gasteiger charge is 2.27. The number of hydrogen-bond donors (Lipinski definition) is 1. The minimum absolute atomic E-state index is 0.0428. The first-order valence-electron chi connectivity index (χ1n) is 12.5. The van der Waals surface area contributed by atoms with E-state index in [1.54, 1.807) is 5.38 Å². The van der Waals surface area contributed by atoms with Gasteiger partial charge in [-0.05, 0) is 39.8 Å². The highest BCUT2D eigenvalue weighted by atomic mass is 32.1. The number of anilines is 1. The first-order valence-corrected chi connectivity index (χ1v) is 13.4. The molecule has 36 heavy (non-hydrogen) atoms. The third-order valence-corrected chi connectivity index (χ3v) is 7.92. The summed E-state index contributed by atoms with van der Waals surface area (Å²) in [5.41, 5.74) is 3.96. The molecule has 0 saturated heterocycles. The minimum Gasteiger partial charge on any atom is -0.469 e. The number of hydrogen-bond acceptors (Lipinski definition) is 5. The van der Waals surface area contributed by atoms with Crippen LogP contribution in [-0.2, 0) is 20.7 Å². The molecule has 1 atom stereocenters. The molecule has 1 fully saturated rings. The van der Waals surface area contributed by atoms with Crippen molar-refractivity contribution in [3.63, 3.8) is 0 Å². The predicted molar refractivity (Wildman–Crippen MR) is 145 cm³/mol. The highest BCUT2D eigenvalue weighted by molar-refractivity contribution is 7.13. The topological polar surface area (TPSA) is 68.3 Å². The molecule has 0 radical (unpaired) electrons. The van der Waals surface area contributed by atoms with E-state index in [0.29, 0.717) is 16.7 Å². The number of thiazole rings is 1. The molecule has 0 bridgehead atoms. The van der Waals surface area contributed by atoms with Gasteiger partial charge in [0.15, 0.2) is 5.13 Å². The van der Waals surface area contributed by atoms with E-state index in [1.807, 2.05) is 0 Å². The Kier molecular flexibility index (Phi) is 7.42. The monoisotopic (exact) mass is 498 g/mol. The molecule has 1 aromatic heterocycles. The van der Waals surface area contributed by atoms with Crippen molar-refractivity contribution < 1.29 is 14.3 Å². The van der Waals surface area contributed by atoms with E-state index in [-0.39, 0.29) is 24.2 Å². The molecule has 1 unspecified atom stereocenters. The summed E-state index contributed by atoms with van der Waals surface area (Å²) in [5, 5.41) is 7.76. The van der Waals surface area contributed by atoms with Crippen molar-refractivity contribution in [1.29, 1.82) is 0 Å². The Morgan fingerprint density at radius 3 is 2.56 bits per heavy atom. The zero-order valence-corrected chi connectivity index (χ0v) is 21.2. The second-order valence-corrected chi connectivity index (χ2v) is 10.3. The summed E-state index contributed by atoms with van der Waals surface area (Å²) in [7, 11) is 1.36. The Morgan fingerprint density at radius 1 is 1.03 bits per heavy atom. The molecule has 1 N–H and O–H groups in total. The molecule has 184 valence electrons. The van der Waals surface area contributed by atoms with E-state index in [0.717, 1.165) is 17.5 Å². The Labute approximate surface area is 215 Å². The number of methoxy groups -OCH3 is 1. The van der Waals surface area contributed by atoms with Gasteiger partial charge in [0.25, 0.3) is 0 Å². The van der Waals surface area contributed by atoms with Gasteiger partial charge in [0.2, 0.25) is 5.91 Å². The van der Waals surface area contributed by atoms with E-state index in [4.69, 9.17) is 4.74 Å². The van der Waals surface area contributed by atoms with Crippen LogP contribution in [0.25, 0.3) is 21.9 Å². The van der Waals surface area contributed by atoms with Gasteiger partial charge in [-0.25, -0.2) is 4.98 Å². The maximum atomic E-state index is 13.5. The Bertz CT molecular complexity index is 1350. The first kappa shape index (κ1) is 24.2. The fourth-order valence-electron chi connectivity index (χ4n) is 5.20.